The number of allylic oxidation sites excluding steroid dienone is 2. The fraction of sp³-hybridized carbons (Fsp3) is 0.244. The van der Waals surface area contributed by atoms with Gasteiger partial charge in [-0.2, -0.15) is 0 Å². The molecule has 0 saturated carbocycles. The summed E-state index contributed by atoms with van der Waals surface area (Å²) < 4.78 is 10.0. The number of nitrogens with one attached hydrogen (secondary N) is 3. The van der Waals surface area contributed by atoms with Crippen molar-refractivity contribution < 1.29 is 28.7 Å². The number of hydrogen-bond acceptors (Lipinski definition) is 6. The van der Waals surface area contributed by atoms with E-state index in [4.69, 9.17) is 9.47 Å². The second-order valence-corrected chi connectivity index (χ2v) is 12.4. The highest BCUT2D eigenvalue weighted by atomic mass is 16.5. The van der Waals surface area contributed by atoms with Gasteiger partial charge in [0.25, 0.3) is 11.8 Å². The molecular weight excluding hydrogens is 644 g/mol. The lowest BCUT2D eigenvalue weighted by Gasteiger charge is -2.12. The molecule has 0 unspecified atom stereocenters. The van der Waals surface area contributed by atoms with Crippen LogP contribution in [0, 0.1) is 13.8 Å². The van der Waals surface area contributed by atoms with Gasteiger partial charge in [-0.1, -0.05) is 55.6 Å². The average Bonchev–Trinajstić information content (AvgIpc) is 3.78. The number of methoxy groups -OCH3 is 2. The molecule has 262 valence electrons. The highest BCUT2D eigenvalue weighted by Crippen LogP contribution is 2.32. The predicted octanol–water partition coefficient (Wildman–Crippen LogP) is 4.66. The SMILES string of the molecule is C=CC1=C(C)C(/C=c2/[nH]/c(=C(/c3ccccc3)c3[nH]c(/C=C4\NC(=O)C(C)=C4C=C)c(C)c3CCC(=O)OC)c(CCC(=O)OC)c2C)=NC1=O. The molecule has 2 aromatic heterocycles. The van der Waals surface area contributed by atoms with Gasteiger partial charge in [-0.25, -0.2) is 4.99 Å². The first-order chi connectivity index (χ1) is 24.4. The van der Waals surface area contributed by atoms with Crippen LogP contribution >= 0.6 is 0 Å². The van der Waals surface area contributed by atoms with Gasteiger partial charge < -0.3 is 24.8 Å². The zero-order valence-corrected chi connectivity index (χ0v) is 29.8. The Labute approximate surface area is 296 Å². The monoisotopic (exact) mass is 686 g/mol. The molecule has 2 aliphatic heterocycles. The van der Waals surface area contributed by atoms with Crippen molar-refractivity contribution in [2.45, 2.75) is 53.4 Å². The van der Waals surface area contributed by atoms with Crippen LogP contribution in [0.5, 0.6) is 0 Å². The van der Waals surface area contributed by atoms with E-state index >= 15 is 0 Å². The Morgan fingerprint density at radius 3 is 2.02 bits per heavy atom. The Morgan fingerprint density at radius 1 is 0.804 bits per heavy atom. The molecule has 0 aliphatic carbocycles. The quantitative estimate of drug-likeness (QED) is 0.237. The second-order valence-electron chi connectivity index (χ2n) is 12.4. The zero-order chi connectivity index (χ0) is 37.0. The van der Waals surface area contributed by atoms with E-state index in [2.05, 4.69) is 33.4 Å². The third-order valence-corrected chi connectivity index (χ3v) is 9.51. The molecule has 3 N–H and O–H groups in total. The van der Waals surface area contributed by atoms with Gasteiger partial charge in [0.15, 0.2) is 0 Å². The molecule has 0 spiro atoms. The molecule has 2 amide bonds. The highest BCUT2D eigenvalue weighted by Gasteiger charge is 2.26. The minimum absolute atomic E-state index is 0.134. The van der Waals surface area contributed by atoms with E-state index in [0.29, 0.717) is 41.0 Å². The Balaban J connectivity index is 1.88. The second kappa shape index (κ2) is 15.2. The lowest BCUT2D eigenvalue weighted by atomic mass is 9.93. The minimum atomic E-state index is -0.350. The smallest absolute Gasteiger partial charge is 0.305 e. The summed E-state index contributed by atoms with van der Waals surface area (Å²) in [6.45, 7) is 15.2. The molecule has 1 aromatic carbocycles. The zero-order valence-electron chi connectivity index (χ0n) is 29.8. The van der Waals surface area contributed by atoms with Gasteiger partial charge in [0.05, 0.1) is 36.7 Å². The number of H-pyrrole nitrogens is 2. The molecular formula is C41H42N4O6. The first-order valence-electron chi connectivity index (χ1n) is 16.6. The van der Waals surface area contributed by atoms with Crippen LogP contribution in [0.4, 0.5) is 0 Å². The standard InChI is InChI=1S/C41H42N4O6/c1-9-27-25(6)40(48)45-34(27)21-32-24(5)30(17-19-36(47)51-8)39(43-32)37(26-14-12-11-13-15-26)38-29(16-18-35(46)50-7)23(4)31(42-38)20-33-22(3)28(10-2)41(49)44-33/h9-15,20-21,42-43H,1-2,16-19H2,3-8H3,(H,45,48)/b31-20+,34-21-,38-37-. The number of esters is 2. The van der Waals surface area contributed by atoms with Crippen LogP contribution in [0.1, 0.15) is 65.9 Å². The first kappa shape index (κ1) is 36.3. The number of aromatic nitrogens is 2. The largest absolute Gasteiger partial charge is 0.469 e. The summed E-state index contributed by atoms with van der Waals surface area (Å²) in [6, 6.07) is 9.82. The lowest BCUT2D eigenvalue weighted by molar-refractivity contribution is -0.141. The fourth-order valence-electron chi connectivity index (χ4n) is 6.52. The molecule has 3 aromatic rings. The Hall–Kier alpha value is -6.03. The van der Waals surface area contributed by atoms with Gasteiger partial charge in [0.1, 0.15) is 0 Å². The van der Waals surface area contributed by atoms with Crippen molar-refractivity contribution in [2.24, 2.45) is 4.99 Å². The number of amides is 2. The third kappa shape index (κ3) is 7.17. The maximum Gasteiger partial charge on any atom is 0.305 e. The highest BCUT2D eigenvalue weighted by molar-refractivity contribution is 6.31. The van der Waals surface area contributed by atoms with Gasteiger partial charge >= 0.3 is 11.9 Å². The van der Waals surface area contributed by atoms with E-state index in [0.717, 1.165) is 61.0 Å². The number of aromatic amines is 2. The van der Waals surface area contributed by atoms with Crippen LogP contribution in [0.15, 0.2) is 88.6 Å². The maximum atomic E-state index is 12.6. The average molecular weight is 687 g/mol. The number of rotatable bonds is 12. The number of carbonyl (C=O) groups is 4. The molecule has 0 fully saturated rings. The Morgan fingerprint density at radius 2 is 1.43 bits per heavy atom. The third-order valence-electron chi connectivity index (χ3n) is 9.51. The summed E-state index contributed by atoms with van der Waals surface area (Å²) in [6.07, 6.45) is 7.89. The molecule has 0 saturated heterocycles. The van der Waals surface area contributed by atoms with Gasteiger partial charge in [-0.3, -0.25) is 19.2 Å². The summed E-state index contributed by atoms with van der Waals surface area (Å²) in [5, 5.41) is 4.41. The van der Waals surface area contributed by atoms with Crippen LogP contribution in [0.3, 0.4) is 0 Å². The summed E-state index contributed by atoms with van der Waals surface area (Å²) in [5.41, 5.74) is 10.3. The Kier molecular flexibility index (Phi) is 10.8. The van der Waals surface area contributed by atoms with E-state index in [1.807, 2.05) is 63.3 Å². The summed E-state index contributed by atoms with van der Waals surface area (Å²) in [7, 11) is 2.73. The molecule has 5 rings (SSSR count). The molecule has 0 radical (unpaired) electrons. The summed E-state index contributed by atoms with van der Waals surface area (Å²) >= 11 is 0. The number of ether oxygens (including phenoxy) is 2. The molecule has 0 bridgehead atoms. The fourth-order valence-corrected chi connectivity index (χ4v) is 6.52. The molecule has 10 nitrogen and oxygen atoms in total. The van der Waals surface area contributed by atoms with Crippen LogP contribution in [0.25, 0.3) is 17.7 Å². The molecule has 2 aliphatic rings. The number of nitrogens with zero attached hydrogens (tertiary/aromatic N) is 1. The Bertz CT molecular complexity index is 2240. The maximum absolute atomic E-state index is 12.6. The van der Waals surface area contributed by atoms with E-state index in [1.54, 1.807) is 13.0 Å². The van der Waals surface area contributed by atoms with Crippen LogP contribution in [-0.2, 0) is 41.5 Å². The number of hydrogen-bond donors (Lipinski definition) is 3. The van der Waals surface area contributed by atoms with Crippen molar-refractivity contribution in [3.05, 3.63) is 134 Å². The topological polar surface area (TPSA) is 143 Å². The van der Waals surface area contributed by atoms with Crippen molar-refractivity contribution in [1.82, 2.24) is 15.3 Å². The number of carbonyl (C=O) groups excluding carboxylic acids is 4. The van der Waals surface area contributed by atoms with Crippen molar-refractivity contribution >= 4 is 47.2 Å². The molecule has 0 atom stereocenters. The van der Waals surface area contributed by atoms with Crippen molar-refractivity contribution in [3.8, 4) is 0 Å². The summed E-state index contributed by atoms with van der Waals surface area (Å²) in [5.74, 6) is -1.24. The molecule has 4 heterocycles. The van der Waals surface area contributed by atoms with E-state index in [-0.39, 0.29) is 36.6 Å². The first-order valence-corrected chi connectivity index (χ1v) is 16.6. The summed E-state index contributed by atoms with van der Waals surface area (Å²) in [4.78, 5) is 61.7. The predicted molar refractivity (Wildman–Crippen MR) is 198 cm³/mol. The van der Waals surface area contributed by atoms with Crippen molar-refractivity contribution in [2.75, 3.05) is 14.2 Å². The van der Waals surface area contributed by atoms with Crippen molar-refractivity contribution in [1.29, 1.82) is 0 Å². The van der Waals surface area contributed by atoms with E-state index in [1.165, 1.54) is 20.3 Å². The van der Waals surface area contributed by atoms with Gasteiger partial charge in [0.2, 0.25) is 0 Å². The number of benzene rings is 1. The van der Waals surface area contributed by atoms with Gasteiger partial charge in [-0.05, 0) is 86.1 Å². The molecule has 10 heteroatoms. The lowest BCUT2D eigenvalue weighted by Crippen LogP contribution is -2.19. The van der Waals surface area contributed by atoms with Crippen LogP contribution < -0.4 is 16.0 Å². The minimum Gasteiger partial charge on any atom is -0.469 e. The molecule has 51 heavy (non-hydrogen) atoms. The normalized spacial score (nSPS) is 16.2. The van der Waals surface area contributed by atoms with Crippen LogP contribution in [0.2, 0.25) is 0 Å². The van der Waals surface area contributed by atoms with Gasteiger partial charge in [-0.15, -0.1) is 0 Å². The van der Waals surface area contributed by atoms with E-state index < -0.39 is 0 Å². The van der Waals surface area contributed by atoms with Gasteiger partial charge in [0, 0.05) is 46.2 Å². The number of aliphatic imine (C=N–C) groups is 1. The van der Waals surface area contributed by atoms with Crippen LogP contribution in [-0.4, -0.2) is 53.7 Å². The van der Waals surface area contributed by atoms with E-state index in [9.17, 15) is 19.2 Å². The van der Waals surface area contributed by atoms with Crippen molar-refractivity contribution in [3.63, 3.8) is 0 Å².